The van der Waals surface area contributed by atoms with Gasteiger partial charge in [-0.3, -0.25) is 9.59 Å². The van der Waals surface area contributed by atoms with Crippen LogP contribution in [0.5, 0.6) is 5.75 Å². The van der Waals surface area contributed by atoms with Crippen molar-refractivity contribution in [3.63, 3.8) is 0 Å². The van der Waals surface area contributed by atoms with Gasteiger partial charge in [0.1, 0.15) is 17.1 Å². The van der Waals surface area contributed by atoms with Gasteiger partial charge >= 0.3 is 12.1 Å². The van der Waals surface area contributed by atoms with Crippen LogP contribution < -0.4 is 10.2 Å². The lowest BCUT2D eigenvalue weighted by molar-refractivity contribution is -0.141. The lowest BCUT2D eigenvalue weighted by Gasteiger charge is -2.17. The van der Waals surface area contributed by atoms with Crippen LogP contribution in [-0.2, 0) is 10.9 Å². The van der Waals surface area contributed by atoms with E-state index in [0.29, 0.717) is 22.2 Å². The molecule has 0 bridgehead atoms. The largest absolute Gasteiger partial charge is 0.506 e. The number of aromatic amines is 2. The minimum Gasteiger partial charge on any atom is -0.506 e. The van der Waals surface area contributed by atoms with Gasteiger partial charge in [0.2, 0.25) is 0 Å². The van der Waals surface area contributed by atoms with Crippen LogP contribution >= 0.6 is 11.6 Å². The number of benzene rings is 4. The van der Waals surface area contributed by atoms with Crippen LogP contribution in [0.25, 0.3) is 32.6 Å². The number of ether oxygens (including phenoxy) is 1. The van der Waals surface area contributed by atoms with Crippen molar-refractivity contribution in [1.82, 2.24) is 9.97 Å². The van der Waals surface area contributed by atoms with Gasteiger partial charge in [-0.05, 0) is 52.7 Å². The average Bonchev–Trinajstić information content (AvgIpc) is 3.77. The first kappa shape index (κ1) is 30.2. The number of carbonyl (C=O) groups is 3. The summed E-state index contributed by atoms with van der Waals surface area (Å²) in [5.41, 5.74) is -0.436. The summed E-state index contributed by atoms with van der Waals surface area (Å²) in [4.78, 5) is 46.1. The molecule has 0 saturated carbocycles. The third-order valence-corrected chi connectivity index (χ3v) is 8.77. The van der Waals surface area contributed by atoms with Crippen molar-refractivity contribution in [2.24, 2.45) is 0 Å². The third-order valence-electron chi connectivity index (χ3n) is 8.40. The minimum absolute atomic E-state index is 0.0220. The van der Waals surface area contributed by atoms with Gasteiger partial charge in [-0.25, -0.2) is 4.79 Å². The predicted octanol–water partition coefficient (Wildman–Crippen LogP) is 7.55. The smallest absolute Gasteiger partial charge is 0.432 e. The number of nitrogens with zero attached hydrogens (tertiary/aromatic N) is 1. The van der Waals surface area contributed by atoms with E-state index in [2.05, 4.69) is 20.0 Å². The molecule has 6 aromatic rings. The van der Waals surface area contributed by atoms with Crippen molar-refractivity contribution in [3.8, 4) is 5.75 Å². The molecule has 238 valence electrons. The van der Waals surface area contributed by atoms with E-state index < -0.39 is 41.0 Å². The van der Waals surface area contributed by atoms with E-state index in [0.717, 1.165) is 17.9 Å². The number of aromatic hydroxyl groups is 1. The molecule has 1 aliphatic heterocycles. The molecule has 47 heavy (non-hydrogen) atoms. The Bertz CT molecular complexity index is 2280. The number of amides is 2. The number of esters is 1. The number of nitrogens with one attached hydrogen (secondary N) is 3. The Morgan fingerprint density at radius 1 is 1.00 bits per heavy atom. The van der Waals surface area contributed by atoms with Crippen molar-refractivity contribution >= 4 is 73.3 Å². The fraction of sp³-hybridized carbons (Fsp3) is 0.147. The van der Waals surface area contributed by atoms with Crippen LogP contribution in [0.1, 0.15) is 48.4 Å². The summed E-state index contributed by atoms with van der Waals surface area (Å²) in [7, 11) is 0.954. The first-order chi connectivity index (χ1) is 22.5. The second-order valence-electron chi connectivity index (χ2n) is 11.2. The summed E-state index contributed by atoms with van der Waals surface area (Å²) in [5.74, 6) is -3.44. The number of aromatic nitrogens is 2. The Morgan fingerprint density at radius 2 is 1.77 bits per heavy atom. The number of halogens is 4. The van der Waals surface area contributed by atoms with Gasteiger partial charge in [-0.2, -0.15) is 13.2 Å². The van der Waals surface area contributed by atoms with Crippen LogP contribution in [-0.4, -0.2) is 52.4 Å². The molecule has 2 aromatic heterocycles. The zero-order chi connectivity index (χ0) is 33.2. The molecular formula is C34H24ClF3N4O5. The second kappa shape index (κ2) is 11.1. The number of fused-ring (bicyclic) bond motifs is 5. The van der Waals surface area contributed by atoms with Crippen molar-refractivity contribution in [2.45, 2.75) is 12.1 Å². The fourth-order valence-electron chi connectivity index (χ4n) is 6.26. The van der Waals surface area contributed by atoms with Crippen LogP contribution in [0.2, 0.25) is 0 Å². The lowest BCUT2D eigenvalue weighted by Crippen LogP contribution is -2.30. The second-order valence-corrected chi connectivity index (χ2v) is 11.5. The zero-order valence-electron chi connectivity index (χ0n) is 24.5. The Hall–Kier alpha value is -5.49. The Kier molecular flexibility index (Phi) is 7.12. The number of H-pyrrole nitrogens is 2. The quantitative estimate of drug-likeness (QED) is 0.112. The summed E-state index contributed by atoms with van der Waals surface area (Å²) in [6.07, 6.45) is -4.97. The molecule has 13 heteroatoms. The van der Waals surface area contributed by atoms with Crippen LogP contribution in [0.3, 0.4) is 0 Å². The maximum absolute atomic E-state index is 14.0. The van der Waals surface area contributed by atoms with Crippen molar-refractivity contribution in [2.75, 3.05) is 29.8 Å². The molecule has 0 aliphatic carbocycles. The van der Waals surface area contributed by atoms with Crippen molar-refractivity contribution < 1.29 is 37.4 Å². The monoisotopic (exact) mass is 660 g/mol. The minimum atomic E-state index is -4.97. The van der Waals surface area contributed by atoms with Crippen LogP contribution in [0.4, 0.5) is 24.5 Å². The molecule has 1 aliphatic rings. The highest BCUT2D eigenvalue weighted by atomic mass is 35.5. The summed E-state index contributed by atoms with van der Waals surface area (Å²) in [6.45, 7) is -0.0220. The number of rotatable bonds is 5. The topological polar surface area (TPSA) is 128 Å². The molecule has 4 aromatic carbocycles. The van der Waals surface area contributed by atoms with Gasteiger partial charge in [0.15, 0.2) is 0 Å². The van der Waals surface area contributed by atoms with Gasteiger partial charge in [0.25, 0.3) is 11.8 Å². The van der Waals surface area contributed by atoms with E-state index >= 15 is 0 Å². The number of carbonyl (C=O) groups excluding carboxylic acids is 3. The normalized spacial score (nSPS) is 14.6. The molecule has 0 fully saturated rings. The molecule has 2 amide bonds. The number of phenols is 1. The third kappa shape index (κ3) is 5.01. The molecule has 0 saturated heterocycles. The molecule has 3 heterocycles. The number of phenolic OH excluding ortho intramolecular Hbond substituents is 1. The first-order valence-corrected chi connectivity index (χ1v) is 14.9. The highest BCUT2D eigenvalue weighted by Crippen LogP contribution is 2.49. The van der Waals surface area contributed by atoms with E-state index in [1.165, 1.54) is 11.0 Å². The van der Waals surface area contributed by atoms with E-state index in [4.69, 9.17) is 11.6 Å². The fourth-order valence-corrected chi connectivity index (χ4v) is 6.51. The molecule has 1 atom stereocenters. The number of hydrogen-bond acceptors (Lipinski definition) is 5. The molecule has 9 nitrogen and oxygen atoms in total. The van der Waals surface area contributed by atoms with Gasteiger partial charge in [0, 0.05) is 51.9 Å². The van der Waals surface area contributed by atoms with E-state index in [9.17, 15) is 32.7 Å². The molecule has 4 N–H and O–H groups in total. The standard InChI is InChI=1S/C34H24ClF3N4O5/c1-47-33(46)28-27-26-20(14-35)15-42(24(26)13-25(43)29(27)41-30(28)34(36,37)38)32(45)23-12-19-11-21(8-9-22(19)40-23)39-31(44)18-7-6-16-4-2-3-5-17(16)10-18/h2-13,20,40-41,43H,14-15H2,1H3,(H,39,44)/t20-/m1/s1. The Labute approximate surface area is 268 Å². The number of hydrogen-bond donors (Lipinski definition) is 4. The van der Waals surface area contributed by atoms with Crippen molar-refractivity contribution in [1.29, 1.82) is 0 Å². The molecule has 0 spiro atoms. The van der Waals surface area contributed by atoms with Gasteiger partial charge in [0.05, 0.1) is 23.9 Å². The van der Waals surface area contributed by atoms with Gasteiger partial charge in [-0.15, -0.1) is 11.6 Å². The highest BCUT2D eigenvalue weighted by Gasteiger charge is 2.43. The summed E-state index contributed by atoms with van der Waals surface area (Å²) < 4.78 is 46.6. The Morgan fingerprint density at radius 3 is 2.49 bits per heavy atom. The number of anilines is 2. The summed E-state index contributed by atoms with van der Waals surface area (Å²) >= 11 is 6.26. The van der Waals surface area contributed by atoms with E-state index in [1.54, 1.807) is 36.4 Å². The van der Waals surface area contributed by atoms with Gasteiger partial charge < -0.3 is 30.0 Å². The van der Waals surface area contributed by atoms with Crippen LogP contribution in [0, 0.1) is 0 Å². The predicted molar refractivity (Wildman–Crippen MR) is 172 cm³/mol. The number of methoxy groups -OCH3 is 1. The summed E-state index contributed by atoms with van der Waals surface area (Å²) in [6, 6.07) is 21.0. The van der Waals surface area contributed by atoms with Crippen molar-refractivity contribution in [3.05, 3.63) is 101 Å². The summed E-state index contributed by atoms with van der Waals surface area (Å²) in [5, 5.41) is 16.0. The molecule has 0 unspecified atom stereocenters. The molecule has 7 rings (SSSR count). The SMILES string of the molecule is COC(=O)c1c(C(F)(F)F)[nH]c2c(O)cc3c(c12)[C@H](CCl)CN3C(=O)c1cc2cc(NC(=O)c3ccc4ccccc4c3)ccc2[nH]1. The average molecular weight is 661 g/mol. The zero-order valence-corrected chi connectivity index (χ0v) is 25.2. The maximum Gasteiger partial charge on any atom is 0.432 e. The maximum atomic E-state index is 14.0. The first-order valence-electron chi connectivity index (χ1n) is 14.4. The van der Waals surface area contributed by atoms with Crippen LogP contribution in [0.15, 0.2) is 72.8 Å². The van der Waals surface area contributed by atoms with E-state index in [1.807, 2.05) is 30.3 Å². The Balaban J connectivity index is 1.23. The lowest BCUT2D eigenvalue weighted by atomic mass is 9.95. The van der Waals surface area contributed by atoms with Gasteiger partial charge in [-0.1, -0.05) is 30.3 Å². The highest BCUT2D eigenvalue weighted by molar-refractivity contribution is 6.20. The number of alkyl halides is 4. The molecule has 0 radical (unpaired) electrons. The van der Waals surface area contributed by atoms with E-state index in [-0.39, 0.29) is 46.2 Å². The molecular weight excluding hydrogens is 637 g/mol.